The molecule has 2 bridgehead atoms. The molecule has 1 aromatic carbocycles. The van der Waals surface area contributed by atoms with E-state index in [1.807, 2.05) is 37.3 Å². The van der Waals surface area contributed by atoms with E-state index in [0.29, 0.717) is 29.8 Å². The molecule has 2 saturated heterocycles. The SMILES string of the molecule is CCN(CC)CCCNC(=O)c1ccc(N2[C@@H]3CC[C@H]2CC(NC(=O)c2cccc(OC)c2C)C3)nc1. The third kappa shape index (κ3) is 6.24. The third-order valence-electron chi connectivity index (χ3n) is 7.92. The van der Waals surface area contributed by atoms with E-state index in [0.717, 1.165) is 68.9 Å². The van der Waals surface area contributed by atoms with Crippen molar-refractivity contribution in [3.63, 3.8) is 0 Å². The van der Waals surface area contributed by atoms with Crippen molar-refractivity contribution in [2.24, 2.45) is 0 Å². The average molecular weight is 508 g/mol. The van der Waals surface area contributed by atoms with Gasteiger partial charge in [-0.1, -0.05) is 19.9 Å². The molecule has 8 heteroatoms. The van der Waals surface area contributed by atoms with E-state index in [1.54, 1.807) is 13.3 Å². The number of carbonyl (C=O) groups excluding carboxylic acids is 2. The van der Waals surface area contributed by atoms with Gasteiger partial charge in [0.25, 0.3) is 11.8 Å². The lowest BCUT2D eigenvalue weighted by Gasteiger charge is -2.40. The number of benzene rings is 1. The van der Waals surface area contributed by atoms with E-state index in [4.69, 9.17) is 4.74 Å². The number of nitrogens with zero attached hydrogens (tertiary/aromatic N) is 3. The summed E-state index contributed by atoms with van der Waals surface area (Å²) in [7, 11) is 1.62. The maximum Gasteiger partial charge on any atom is 0.252 e. The monoisotopic (exact) mass is 507 g/mol. The largest absolute Gasteiger partial charge is 0.496 e. The van der Waals surface area contributed by atoms with Crippen LogP contribution in [-0.4, -0.2) is 73.1 Å². The zero-order chi connectivity index (χ0) is 26.4. The first kappa shape index (κ1) is 26.9. The van der Waals surface area contributed by atoms with E-state index >= 15 is 0 Å². The lowest BCUT2D eigenvalue weighted by atomic mass is 9.96. The number of rotatable bonds is 11. The highest BCUT2D eigenvalue weighted by Crippen LogP contribution is 2.38. The molecular formula is C29H41N5O3. The van der Waals surface area contributed by atoms with Crippen LogP contribution in [0.25, 0.3) is 0 Å². The first-order chi connectivity index (χ1) is 17.9. The summed E-state index contributed by atoms with van der Waals surface area (Å²) >= 11 is 0. The summed E-state index contributed by atoms with van der Waals surface area (Å²) in [6, 6.07) is 10.2. The fraction of sp³-hybridized carbons (Fsp3) is 0.552. The van der Waals surface area contributed by atoms with Crippen LogP contribution in [0.1, 0.15) is 72.2 Å². The highest BCUT2D eigenvalue weighted by molar-refractivity contribution is 5.96. The van der Waals surface area contributed by atoms with Crippen molar-refractivity contribution in [2.75, 3.05) is 38.2 Å². The molecule has 1 aromatic heterocycles. The molecule has 2 fully saturated rings. The van der Waals surface area contributed by atoms with E-state index in [9.17, 15) is 9.59 Å². The molecular weight excluding hydrogens is 466 g/mol. The number of carbonyl (C=O) groups is 2. The molecule has 0 radical (unpaired) electrons. The number of ether oxygens (including phenoxy) is 1. The molecule has 0 saturated carbocycles. The lowest BCUT2D eigenvalue weighted by molar-refractivity contribution is 0.0923. The van der Waals surface area contributed by atoms with E-state index in [1.165, 1.54) is 0 Å². The highest BCUT2D eigenvalue weighted by atomic mass is 16.5. The summed E-state index contributed by atoms with van der Waals surface area (Å²) < 4.78 is 5.38. The molecule has 2 aliphatic rings. The maximum atomic E-state index is 13.0. The summed E-state index contributed by atoms with van der Waals surface area (Å²) in [5, 5.41) is 6.28. The normalized spacial score (nSPS) is 20.7. The van der Waals surface area contributed by atoms with Crippen LogP contribution in [0.15, 0.2) is 36.5 Å². The Bertz CT molecular complexity index is 1060. The van der Waals surface area contributed by atoms with Crippen LogP contribution < -0.4 is 20.3 Å². The number of hydrogen-bond acceptors (Lipinski definition) is 6. The Kier molecular flexibility index (Phi) is 9.03. The minimum Gasteiger partial charge on any atom is -0.496 e. The summed E-state index contributed by atoms with van der Waals surface area (Å²) in [5.74, 6) is 1.53. The smallest absolute Gasteiger partial charge is 0.252 e. The minimum atomic E-state index is -0.0733. The van der Waals surface area contributed by atoms with Crippen LogP contribution in [0, 0.1) is 6.92 Å². The van der Waals surface area contributed by atoms with Crippen molar-refractivity contribution in [2.45, 2.75) is 71.0 Å². The fourth-order valence-corrected chi connectivity index (χ4v) is 5.83. The quantitative estimate of drug-likeness (QED) is 0.450. The summed E-state index contributed by atoms with van der Waals surface area (Å²) in [6.45, 7) is 9.94. The van der Waals surface area contributed by atoms with Gasteiger partial charge in [0.1, 0.15) is 11.6 Å². The van der Waals surface area contributed by atoms with Crippen LogP contribution >= 0.6 is 0 Å². The number of hydrogen-bond donors (Lipinski definition) is 2. The van der Waals surface area contributed by atoms with Crippen molar-refractivity contribution < 1.29 is 14.3 Å². The van der Waals surface area contributed by atoms with Gasteiger partial charge in [-0.05, 0) is 82.9 Å². The zero-order valence-corrected chi connectivity index (χ0v) is 22.6. The van der Waals surface area contributed by atoms with Crippen molar-refractivity contribution in [1.29, 1.82) is 0 Å². The van der Waals surface area contributed by atoms with Gasteiger partial charge in [0.2, 0.25) is 0 Å². The van der Waals surface area contributed by atoms with Crippen molar-refractivity contribution in [3.05, 3.63) is 53.2 Å². The Hall–Kier alpha value is -3.13. The van der Waals surface area contributed by atoms with Gasteiger partial charge in [0.05, 0.1) is 12.7 Å². The Morgan fingerprint density at radius 3 is 2.43 bits per heavy atom. The Labute approximate surface area is 220 Å². The number of aromatic nitrogens is 1. The van der Waals surface area contributed by atoms with Crippen LogP contribution in [0.4, 0.5) is 5.82 Å². The van der Waals surface area contributed by atoms with Gasteiger partial charge in [0, 0.05) is 42.0 Å². The van der Waals surface area contributed by atoms with Gasteiger partial charge in [0.15, 0.2) is 0 Å². The number of methoxy groups -OCH3 is 1. The first-order valence-corrected chi connectivity index (χ1v) is 13.6. The zero-order valence-electron chi connectivity index (χ0n) is 22.6. The van der Waals surface area contributed by atoms with Crippen molar-refractivity contribution >= 4 is 17.6 Å². The average Bonchev–Trinajstić information content (AvgIpc) is 3.18. The number of amides is 2. The van der Waals surface area contributed by atoms with Gasteiger partial charge in [-0.3, -0.25) is 9.59 Å². The van der Waals surface area contributed by atoms with Gasteiger partial charge in [-0.25, -0.2) is 4.98 Å². The van der Waals surface area contributed by atoms with Crippen LogP contribution in [0.3, 0.4) is 0 Å². The van der Waals surface area contributed by atoms with Gasteiger partial charge in [-0.2, -0.15) is 0 Å². The fourth-order valence-electron chi connectivity index (χ4n) is 5.83. The van der Waals surface area contributed by atoms with Crippen molar-refractivity contribution in [3.8, 4) is 5.75 Å². The van der Waals surface area contributed by atoms with E-state index in [-0.39, 0.29) is 17.9 Å². The maximum absolute atomic E-state index is 13.0. The van der Waals surface area contributed by atoms with Gasteiger partial charge < -0.3 is 25.2 Å². The van der Waals surface area contributed by atoms with E-state index in [2.05, 4.69) is 39.3 Å². The number of piperidine rings is 1. The van der Waals surface area contributed by atoms with Crippen molar-refractivity contribution in [1.82, 2.24) is 20.5 Å². The summed E-state index contributed by atoms with van der Waals surface area (Å²) in [6.07, 6.45) is 6.58. The molecule has 3 atom stereocenters. The Balaban J connectivity index is 1.31. The molecule has 4 rings (SSSR count). The summed E-state index contributed by atoms with van der Waals surface area (Å²) in [4.78, 5) is 35.0. The molecule has 2 aromatic rings. The minimum absolute atomic E-state index is 0.0418. The molecule has 2 aliphatic heterocycles. The Morgan fingerprint density at radius 1 is 1.08 bits per heavy atom. The summed E-state index contributed by atoms with van der Waals surface area (Å²) in [5.41, 5.74) is 2.12. The van der Waals surface area contributed by atoms with E-state index < -0.39 is 0 Å². The molecule has 37 heavy (non-hydrogen) atoms. The van der Waals surface area contributed by atoms with Gasteiger partial charge in [-0.15, -0.1) is 0 Å². The van der Waals surface area contributed by atoms with Crippen LogP contribution in [0.5, 0.6) is 5.75 Å². The molecule has 200 valence electrons. The second-order valence-corrected chi connectivity index (χ2v) is 10.1. The second kappa shape index (κ2) is 12.4. The molecule has 8 nitrogen and oxygen atoms in total. The third-order valence-corrected chi connectivity index (χ3v) is 7.92. The molecule has 0 spiro atoms. The second-order valence-electron chi connectivity index (χ2n) is 10.1. The topological polar surface area (TPSA) is 86.8 Å². The highest BCUT2D eigenvalue weighted by Gasteiger charge is 2.42. The molecule has 3 heterocycles. The number of pyridine rings is 1. The Morgan fingerprint density at radius 2 is 1.81 bits per heavy atom. The van der Waals surface area contributed by atoms with Crippen LogP contribution in [0.2, 0.25) is 0 Å². The van der Waals surface area contributed by atoms with Crippen LogP contribution in [-0.2, 0) is 0 Å². The molecule has 2 amide bonds. The number of nitrogens with one attached hydrogen (secondary N) is 2. The standard InChI is InChI=1S/C29H41N5O3/c1-5-33(6-2)16-8-15-30-28(35)21-11-14-27(31-19-21)34-23-12-13-24(34)18-22(17-23)32-29(36)25-9-7-10-26(37-4)20(25)3/h7,9-11,14,19,22-24H,5-6,8,12-13,15-18H2,1-4H3,(H,30,35)(H,32,36)/t22?,23-,24+. The number of anilines is 1. The predicted molar refractivity (Wildman–Crippen MR) is 146 cm³/mol. The number of fused-ring (bicyclic) bond motifs is 2. The lowest BCUT2D eigenvalue weighted by Crippen LogP contribution is -2.50. The first-order valence-electron chi connectivity index (χ1n) is 13.6. The molecule has 0 aliphatic carbocycles. The predicted octanol–water partition coefficient (Wildman–Crippen LogP) is 3.79. The molecule has 1 unspecified atom stereocenters. The molecule has 2 N–H and O–H groups in total. The van der Waals surface area contributed by atoms with Gasteiger partial charge >= 0.3 is 0 Å².